The van der Waals surface area contributed by atoms with Crippen LogP contribution in [-0.4, -0.2) is 62.6 Å². The van der Waals surface area contributed by atoms with Crippen LogP contribution in [0.2, 0.25) is 0 Å². The van der Waals surface area contributed by atoms with E-state index in [1.165, 1.54) is 32.0 Å². The minimum Gasteiger partial charge on any atom is -0.338 e. The number of piperidine rings is 1. The molecule has 3 rings (SSSR count). The highest BCUT2D eigenvalue weighted by atomic mass is 79.9. The lowest BCUT2D eigenvalue weighted by Crippen LogP contribution is -2.46. The Hall–Kier alpha value is -0.920. The molecule has 0 aliphatic carbocycles. The second-order valence-electron chi connectivity index (χ2n) is 6.68. The molecule has 2 heterocycles. The van der Waals surface area contributed by atoms with Crippen LogP contribution in [0.4, 0.5) is 0 Å². The van der Waals surface area contributed by atoms with Gasteiger partial charge in [-0.3, -0.25) is 4.79 Å². The van der Waals surface area contributed by atoms with Crippen molar-refractivity contribution in [2.75, 3.05) is 32.4 Å². The molecule has 0 radical (unpaired) electrons. The fourth-order valence-electron chi connectivity index (χ4n) is 3.69. The van der Waals surface area contributed by atoms with Crippen molar-refractivity contribution >= 4 is 31.7 Å². The van der Waals surface area contributed by atoms with Crippen LogP contribution in [0.3, 0.4) is 0 Å². The minimum absolute atomic E-state index is 0.101. The molecule has 0 atom stereocenters. The van der Waals surface area contributed by atoms with E-state index < -0.39 is 9.84 Å². The second kappa shape index (κ2) is 7.14. The van der Waals surface area contributed by atoms with Crippen molar-refractivity contribution in [3.63, 3.8) is 0 Å². The number of carbonyl (C=O) groups excluding carboxylic acids is 1. The molecule has 2 saturated heterocycles. The summed E-state index contributed by atoms with van der Waals surface area (Å²) in [6.45, 7) is 3.73. The zero-order valence-electron chi connectivity index (χ0n) is 13.9. The van der Waals surface area contributed by atoms with Crippen molar-refractivity contribution in [2.45, 2.75) is 36.6 Å². The van der Waals surface area contributed by atoms with Gasteiger partial charge in [0.2, 0.25) is 0 Å². The normalized spacial score (nSPS) is 20.5. The maximum absolute atomic E-state index is 12.8. The highest BCUT2D eigenvalue weighted by Gasteiger charge is 2.30. The third kappa shape index (κ3) is 3.83. The topological polar surface area (TPSA) is 57.7 Å². The van der Waals surface area contributed by atoms with Crippen LogP contribution in [-0.2, 0) is 9.84 Å². The number of hydrogen-bond donors (Lipinski definition) is 0. The largest absolute Gasteiger partial charge is 0.338 e. The summed E-state index contributed by atoms with van der Waals surface area (Å²) in [5.74, 6) is -0.178. The van der Waals surface area contributed by atoms with Gasteiger partial charge in [0.25, 0.3) is 5.91 Å². The predicted molar refractivity (Wildman–Crippen MR) is 97.0 cm³/mol. The lowest BCUT2D eigenvalue weighted by Gasteiger charge is -2.36. The summed E-state index contributed by atoms with van der Waals surface area (Å²) in [4.78, 5) is 17.3. The molecule has 2 aliphatic heterocycles. The monoisotopic (exact) mass is 414 g/mol. The molecule has 24 heavy (non-hydrogen) atoms. The molecule has 0 bridgehead atoms. The zero-order valence-corrected chi connectivity index (χ0v) is 16.3. The van der Waals surface area contributed by atoms with Crippen LogP contribution in [0.1, 0.15) is 36.0 Å². The number of nitrogens with zero attached hydrogens (tertiary/aromatic N) is 2. The van der Waals surface area contributed by atoms with Gasteiger partial charge in [-0.25, -0.2) is 8.42 Å². The maximum Gasteiger partial charge on any atom is 0.255 e. The minimum atomic E-state index is -3.45. The van der Waals surface area contributed by atoms with Gasteiger partial charge in [-0.2, -0.15) is 0 Å². The van der Waals surface area contributed by atoms with E-state index in [2.05, 4.69) is 20.8 Å². The average Bonchev–Trinajstić information content (AvgIpc) is 3.08. The molecule has 5 nitrogen and oxygen atoms in total. The summed E-state index contributed by atoms with van der Waals surface area (Å²) in [7, 11) is -3.45. The van der Waals surface area contributed by atoms with E-state index in [1.807, 2.05) is 0 Å². The summed E-state index contributed by atoms with van der Waals surface area (Å²) < 4.78 is 24.7. The lowest BCUT2D eigenvalue weighted by molar-refractivity contribution is 0.0641. The fraction of sp³-hybridized carbons (Fsp3) is 0.588. The molecule has 0 aromatic heterocycles. The van der Waals surface area contributed by atoms with E-state index in [0.29, 0.717) is 23.6 Å². The van der Waals surface area contributed by atoms with Crippen LogP contribution < -0.4 is 0 Å². The Balaban J connectivity index is 1.74. The van der Waals surface area contributed by atoms with E-state index in [9.17, 15) is 13.2 Å². The number of amides is 1. The summed E-state index contributed by atoms with van der Waals surface area (Å²) in [6, 6.07) is 5.41. The number of carbonyl (C=O) groups is 1. The molecular weight excluding hydrogens is 392 g/mol. The first kappa shape index (κ1) is 17.9. The van der Waals surface area contributed by atoms with E-state index in [1.54, 1.807) is 17.0 Å². The number of benzene rings is 1. The van der Waals surface area contributed by atoms with Gasteiger partial charge in [-0.15, -0.1) is 0 Å². The number of likely N-dealkylation sites (tertiary alicyclic amines) is 2. The van der Waals surface area contributed by atoms with Gasteiger partial charge in [0.15, 0.2) is 9.84 Å². The molecule has 2 aliphatic rings. The molecule has 2 fully saturated rings. The SMILES string of the molecule is CS(=O)(=O)c1cc(Br)ccc1C(=O)N1CCC(N2CCCC2)CC1. The number of rotatable bonds is 3. The van der Waals surface area contributed by atoms with Crippen LogP contribution in [0.25, 0.3) is 0 Å². The molecule has 0 saturated carbocycles. The van der Waals surface area contributed by atoms with Crippen LogP contribution in [0.5, 0.6) is 0 Å². The van der Waals surface area contributed by atoms with Crippen molar-refractivity contribution < 1.29 is 13.2 Å². The first-order valence-electron chi connectivity index (χ1n) is 8.39. The molecule has 1 aromatic carbocycles. The molecule has 0 unspecified atom stereocenters. The molecule has 1 aromatic rings. The Bertz CT molecular complexity index is 721. The van der Waals surface area contributed by atoms with Crippen molar-refractivity contribution in [1.82, 2.24) is 9.80 Å². The van der Waals surface area contributed by atoms with Gasteiger partial charge in [0, 0.05) is 29.9 Å². The van der Waals surface area contributed by atoms with Gasteiger partial charge in [0.05, 0.1) is 10.5 Å². The van der Waals surface area contributed by atoms with Gasteiger partial charge < -0.3 is 9.80 Å². The summed E-state index contributed by atoms with van der Waals surface area (Å²) in [5.41, 5.74) is 0.278. The van der Waals surface area contributed by atoms with Crippen molar-refractivity contribution in [2.24, 2.45) is 0 Å². The lowest BCUT2D eigenvalue weighted by atomic mass is 10.0. The molecule has 1 amide bonds. The molecule has 0 spiro atoms. The van der Waals surface area contributed by atoms with E-state index >= 15 is 0 Å². The van der Waals surface area contributed by atoms with Gasteiger partial charge in [0.1, 0.15) is 0 Å². The van der Waals surface area contributed by atoms with Crippen LogP contribution >= 0.6 is 15.9 Å². The Morgan fingerprint density at radius 3 is 2.33 bits per heavy atom. The van der Waals surface area contributed by atoms with Crippen molar-refractivity contribution in [3.8, 4) is 0 Å². The Morgan fingerprint density at radius 1 is 1.12 bits per heavy atom. The van der Waals surface area contributed by atoms with Gasteiger partial charge in [-0.1, -0.05) is 15.9 Å². The molecular formula is C17H23BrN2O3S. The highest BCUT2D eigenvalue weighted by Crippen LogP contribution is 2.26. The third-order valence-electron chi connectivity index (χ3n) is 4.98. The smallest absolute Gasteiger partial charge is 0.255 e. The fourth-order valence-corrected chi connectivity index (χ4v) is 5.10. The molecule has 0 N–H and O–H groups in total. The van der Waals surface area contributed by atoms with E-state index in [0.717, 1.165) is 19.1 Å². The summed E-state index contributed by atoms with van der Waals surface area (Å²) in [5, 5.41) is 0. The number of sulfone groups is 1. The number of hydrogen-bond acceptors (Lipinski definition) is 4. The first-order valence-corrected chi connectivity index (χ1v) is 11.1. The molecule has 7 heteroatoms. The summed E-state index contributed by atoms with van der Waals surface area (Å²) >= 11 is 3.28. The average molecular weight is 415 g/mol. The summed E-state index contributed by atoms with van der Waals surface area (Å²) in [6.07, 6.45) is 5.63. The van der Waals surface area contributed by atoms with Crippen LogP contribution in [0.15, 0.2) is 27.6 Å². The maximum atomic E-state index is 12.8. The predicted octanol–water partition coefficient (Wildman–Crippen LogP) is 2.55. The van der Waals surface area contributed by atoms with Crippen molar-refractivity contribution in [1.29, 1.82) is 0 Å². The highest BCUT2D eigenvalue weighted by molar-refractivity contribution is 9.10. The van der Waals surface area contributed by atoms with Crippen molar-refractivity contribution in [3.05, 3.63) is 28.2 Å². The number of halogens is 1. The Labute approximate surface area is 152 Å². The van der Waals surface area contributed by atoms with E-state index in [-0.39, 0.29) is 16.4 Å². The zero-order chi connectivity index (χ0) is 17.3. The molecule has 132 valence electrons. The third-order valence-corrected chi connectivity index (χ3v) is 6.61. The van der Waals surface area contributed by atoms with E-state index in [4.69, 9.17) is 0 Å². The Kier molecular flexibility index (Phi) is 5.32. The van der Waals surface area contributed by atoms with Crippen LogP contribution in [0, 0.1) is 0 Å². The second-order valence-corrected chi connectivity index (χ2v) is 9.58. The first-order chi connectivity index (χ1) is 11.4. The van der Waals surface area contributed by atoms with Gasteiger partial charge in [-0.05, 0) is 57.0 Å². The van der Waals surface area contributed by atoms with Gasteiger partial charge >= 0.3 is 0 Å². The quantitative estimate of drug-likeness (QED) is 0.762. The standard InChI is InChI=1S/C17H23BrN2O3S/c1-24(22,23)16-12-13(18)4-5-15(16)17(21)20-10-6-14(7-11-20)19-8-2-3-9-19/h4-5,12,14H,2-3,6-11H2,1H3. The Morgan fingerprint density at radius 2 is 1.75 bits per heavy atom.